The first-order valence-corrected chi connectivity index (χ1v) is 7.02. The lowest BCUT2D eigenvalue weighted by atomic mass is 9.80. The van der Waals surface area contributed by atoms with Crippen molar-refractivity contribution in [3.63, 3.8) is 0 Å². The number of anilines is 1. The number of amides is 1. The molecule has 2 fully saturated rings. The maximum Gasteiger partial charge on any atom is 0.231 e. The van der Waals surface area contributed by atoms with Gasteiger partial charge in [-0.05, 0) is 19.9 Å². The van der Waals surface area contributed by atoms with Crippen molar-refractivity contribution in [1.82, 2.24) is 15.3 Å². The van der Waals surface area contributed by atoms with Crippen LogP contribution in [-0.2, 0) is 9.53 Å². The molecule has 108 valence electrons. The molecule has 0 spiro atoms. The molecule has 0 bridgehead atoms. The Morgan fingerprint density at radius 1 is 1.50 bits per heavy atom. The summed E-state index contributed by atoms with van der Waals surface area (Å²) < 4.78 is 5.57. The minimum absolute atomic E-state index is 0.0911. The molecule has 0 unspecified atom stereocenters. The van der Waals surface area contributed by atoms with Gasteiger partial charge in [0.1, 0.15) is 0 Å². The predicted molar refractivity (Wildman–Crippen MR) is 74.3 cm³/mol. The lowest BCUT2D eigenvalue weighted by Gasteiger charge is -2.27. The normalized spacial score (nSPS) is 28.8. The summed E-state index contributed by atoms with van der Waals surface area (Å²) in [5.41, 5.74) is -0.455. The third-order valence-corrected chi connectivity index (χ3v) is 4.08. The van der Waals surface area contributed by atoms with Gasteiger partial charge in [0.15, 0.2) is 0 Å². The van der Waals surface area contributed by atoms with Gasteiger partial charge >= 0.3 is 0 Å². The minimum atomic E-state index is -0.455. The monoisotopic (exact) mass is 276 g/mol. The molecular formula is C14H20N4O2. The number of rotatable bonds is 3. The highest BCUT2D eigenvalue weighted by molar-refractivity contribution is 5.85. The number of ether oxygens (including phenoxy) is 1. The van der Waals surface area contributed by atoms with Crippen molar-refractivity contribution in [3.05, 3.63) is 18.5 Å². The fraction of sp³-hybridized carbons (Fsp3) is 0.643. The molecule has 1 aromatic rings. The molecule has 6 nitrogen and oxygen atoms in total. The van der Waals surface area contributed by atoms with E-state index in [1.54, 1.807) is 18.5 Å². The Kier molecular flexibility index (Phi) is 3.33. The summed E-state index contributed by atoms with van der Waals surface area (Å²) >= 11 is 0. The molecule has 1 aromatic heterocycles. The second kappa shape index (κ2) is 5.01. The fourth-order valence-electron chi connectivity index (χ4n) is 3.07. The molecule has 20 heavy (non-hydrogen) atoms. The maximum atomic E-state index is 12.6. The van der Waals surface area contributed by atoms with Gasteiger partial charge in [-0.2, -0.15) is 0 Å². The van der Waals surface area contributed by atoms with Crippen molar-refractivity contribution in [2.75, 3.05) is 31.2 Å². The zero-order valence-corrected chi connectivity index (χ0v) is 11.9. The topological polar surface area (TPSA) is 67.3 Å². The maximum absolute atomic E-state index is 12.6. The van der Waals surface area contributed by atoms with Gasteiger partial charge in [0.05, 0.1) is 18.6 Å². The Morgan fingerprint density at radius 3 is 2.95 bits per heavy atom. The second-order valence-corrected chi connectivity index (χ2v) is 5.93. The number of hydrogen-bond donors (Lipinski definition) is 1. The van der Waals surface area contributed by atoms with Gasteiger partial charge in [-0.3, -0.25) is 4.79 Å². The molecule has 1 N–H and O–H groups in total. The molecule has 0 radical (unpaired) electrons. The average molecular weight is 276 g/mol. The van der Waals surface area contributed by atoms with E-state index in [9.17, 15) is 4.79 Å². The molecule has 0 aromatic carbocycles. The Balaban J connectivity index is 1.82. The van der Waals surface area contributed by atoms with Crippen molar-refractivity contribution < 1.29 is 9.53 Å². The Bertz CT molecular complexity index is 493. The van der Waals surface area contributed by atoms with E-state index in [-0.39, 0.29) is 17.9 Å². The molecule has 0 saturated carbocycles. The summed E-state index contributed by atoms with van der Waals surface area (Å²) in [6.07, 6.45) is 3.46. The SMILES string of the molecule is CC(C)NC(=O)[C@]12COC[C@H]1CN(c1ncccn1)C2. The Morgan fingerprint density at radius 2 is 2.25 bits per heavy atom. The van der Waals surface area contributed by atoms with Gasteiger partial charge in [0.25, 0.3) is 0 Å². The van der Waals surface area contributed by atoms with Crippen LogP contribution in [-0.4, -0.2) is 48.2 Å². The number of nitrogens with one attached hydrogen (secondary N) is 1. The summed E-state index contributed by atoms with van der Waals surface area (Å²) in [4.78, 5) is 23.2. The molecule has 6 heteroatoms. The average Bonchev–Trinajstić information content (AvgIpc) is 2.96. The first kappa shape index (κ1) is 13.3. The van der Waals surface area contributed by atoms with Crippen molar-refractivity contribution >= 4 is 11.9 Å². The van der Waals surface area contributed by atoms with Gasteiger partial charge in [0, 0.05) is 37.4 Å². The largest absolute Gasteiger partial charge is 0.380 e. The van der Waals surface area contributed by atoms with Crippen LogP contribution in [0.2, 0.25) is 0 Å². The number of carbonyl (C=O) groups excluding carboxylic acids is 1. The standard InChI is InChI=1S/C14H20N4O2/c1-10(2)17-12(19)14-8-18(6-11(14)7-20-9-14)13-15-4-3-5-16-13/h3-5,10-11H,6-9H2,1-2H3,(H,17,19)/t11-,14-/m1/s1. The van der Waals surface area contributed by atoms with Crippen LogP contribution in [0.25, 0.3) is 0 Å². The van der Waals surface area contributed by atoms with Gasteiger partial charge in [-0.15, -0.1) is 0 Å². The molecule has 1 amide bonds. The molecule has 2 aliphatic rings. The van der Waals surface area contributed by atoms with Crippen molar-refractivity contribution in [1.29, 1.82) is 0 Å². The van der Waals surface area contributed by atoms with Crippen LogP contribution >= 0.6 is 0 Å². The van der Waals surface area contributed by atoms with Crippen molar-refractivity contribution in [2.45, 2.75) is 19.9 Å². The molecule has 2 aliphatic heterocycles. The van der Waals surface area contributed by atoms with Gasteiger partial charge in [0.2, 0.25) is 11.9 Å². The second-order valence-electron chi connectivity index (χ2n) is 5.93. The van der Waals surface area contributed by atoms with E-state index >= 15 is 0 Å². The lowest BCUT2D eigenvalue weighted by Crippen LogP contribution is -2.48. The van der Waals surface area contributed by atoms with E-state index in [4.69, 9.17) is 4.74 Å². The molecule has 0 aliphatic carbocycles. The van der Waals surface area contributed by atoms with Gasteiger partial charge < -0.3 is 15.0 Å². The van der Waals surface area contributed by atoms with E-state index in [0.29, 0.717) is 25.7 Å². The number of nitrogens with zero attached hydrogens (tertiary/aromatic N) is 3. The van der Waals surface area contributed by atoms with Crippen LogP contribution in [0.5, 0.6) is 0 Å². The van der Waals surface area contributed by atoms with Crippen LogP contribution in [0.3, 0.4) is 0 Å². The van der Waals surface area contributed by atoms with Crippen LogP contribution in [0, 0.1) is 11.3 Å². The van der Waals surface area contributed by atoms with E-state index in [2.05, 4.69) is 20.2 Å². The summed E-state index contributed by atoms with van der Waals surface area (Å²) in [7, 11) is 0. The third kappa shape index (κ3) is 2.14. The summed E-state index contributed by atoms with van der Waals surface area (Å²) in [6.45, 7) is 6.48. The van der Waals surface area contributed by atoms with Crippen LogP contribution in [0.15, 0.2) is 18.5 Å². The fourth-order valence-corrected chi connectivity index (χ4v) is 3.07. The molecule has 3 rings (SSSR count). The Hall–Kier alpha value is -1.69. The van der Waals surface area contributed by atoms with Crippen molar-refractivity contribution in [2.24, 2.45) is 11.3 Å². The Labute approximate surface area is 118 Å². The summed E-state index contributed by atoms with van der Waals surface area (Å²) in [6, 6.07) is 1.94. The minimum Gasteiger partial charge on any atom is -0.380 e. The molecule has 3 heterocycles. The van der Waals surface area contributed by atoms with Crippen LogP contribution < -0.4 is 10.2 Å². The highest BCUT2D eigenvalue weighted by Gasteiger charge is 2.56. The smallest absolute Gasteiger partial charge is 0.231 e. The van der Waals surface area contributed by atoms with Crippen molar-refractivity contribution in [3.8, 4) is 0 Å². The highest BCUT2D eigenvalue weighted by Crippen LogP contribution is 2.42. The van der Waals surface area contributed by atoms with Gasteiger partial charge in [-0.25, -0.2) is 9.97 Å². The van der Waals surface area contributed by atoms with E-state index < -0.39 is 5.41 Å². The number of aromatic nitrogens is 2. The third-order valence-electron chi connectivity index (χ3n) is 4.08. The molecule has 2 atom stereocenters. The number of carbonyl (C=O) groups is 1. The van der Waals surface area contributed by atoms with Crippen LogP contribution in [0.1, 0.15) is 13.8 Å². The summed E-state index contributed by atoms with van der Waals surface area (Å²) in [5, 5.41) is 3.03. The predicted octanol–water partition coefficient (Wildman–Crippen LogP) is 0.454. The first-order valence-electron chi connectivity index (χ1n) is 7.02. The van der Waals surface area contributed by atoms with E-state index in [1.807, 2.05) is 13.8 Å². The highest BCUT2D eigenvalue weighted by atomic mass is 16.5. The first-order chi connectivity index (χ1) is 9.62. The van der Waals surface area contributed by atoms with Crippen LogP contribution in [0.4, 0.5) is 5.95 Å². The number of hydrogen-bond acceptors (Lipinski definition) is 5. The number of fused-ring (bicyclic) bond motifs is 1. The summed E-state index contributed by atoms with van der Waals surface area (Å²) in [5.74, 6) is 0.997. The zero-order chi connectivity index (χ0) is 14.2. The lowest BCUT2D eigenvalue weighted by molar-refractivity contribution is -0.131. The van der Waals surface area contributed by atoms with E-state index in [0.717, 1.165) is 6.54 Å². The van der Waals surface area contributed by atoms with E-state index in [1.165, 1.54) is 0 Å². The quantitative estimate of drug-likeness (QED) is 0.868. The van der Waals surface area contributed by atoms with Gasteiger partial charge in [-0.1, -0.05) is 0 Å². The molecular weight excluding hydrogens is 256 g/mol. The molecule has 2 saturated heterocycles. The zero-order valence-electron chi connectivity index (χ0n) is 11.9.